The molecule has 0 radical (unpaired) electrons. The van der Waals surface area contributed by atoms with Gasteiger partial charge in [0.1, 0.15) is 5.82 Å². The maximum atomic E-state index is 13.9. The van der Waals surface area contributed by atoms with Crippen molar-refractivity contribution >= 4 is 0 Å². The molecular formula is C16H19FN2O. The Hall–Kier alpha value is -1.94. The van der Waals surface area contributed by atoms with E-state index in [1.165, 1.54) is 6.07 Å². The van der Waals surface area contributed by atoms with Crippen LogP contribution in [-0.4, -0.2) is 18.6 Å². The third-order valence-electron chi connectivity index (χ3n) is 3.18. The number of benzene rings is 1. The third-order valence-corrected chi connectivity index (χ3v) is 3.18. The first-order valence-corrected chi connectivity index (χ1v) is 6.71. The Morgan fingerprint density at radius 1 is 1.25 bits per heavy atom. The predicted octanol–water partition coefficient (Wildman–Crippen LogP) is 3.12. The van der Waals surface area contributed by atoms with Crippen LogP contribution in [0.4, 0.5) is 4.39 Å². The van der Waals surface area contributed by atoms with Crippen molar-refractivity contribution in [3.63, 3.8) is 0 Å². The van der Waals surface area contributed by atoms with E-state index in [2.05, 4.69) is 10.3 Å². The average molecular weight is 274 g/mol. The first kappa shape index (κ1) is 14.5. The number of rotatable bonds is 6. The number of pyridine rings is 1. The molecule has 1 unspecified atom stereocenters. The van der Waals surface area contributed by atoms with E-state index in [9.17, 15) is 4.39 Å². The van der Waals surface area contributed by atoms with Gasteiger partial charge < -0.3 is 10.1 Å². The molecule has 0 saturated carbocycles. The lowest BCUT2D eigenvalue weighted by atomic mass is 9.99. The van der Waals surface area contributed by atoms with Crippen molar-refractivity contribution in [1.29, 1.82) is 0 Å². The summed E-state index contributed by atoms with van der Waals surface area (Å²) >= 11 is 0. The standard InChI is InChI=1S/C16H19FN2O/c1-3-18-15(13-6-4-5-7-14(13)17)10-12-8-9-16(20-2)19-11-12/h4-9,11,15,18H,3,10H2,1-2H3. The maximum absolute atomic E-state index is 13.9. The van der Waals surface area contributed by atoms with Gasteiger partial charge in [-0.3, -0.25) is 0 Å². The first-order valence-electron chi connectivity index (χ1n) is 6.71. The van der Waals surface area contributed by atoms with Crippen LogP contribution in [0.5, 0.6) is 5.88 Å². The number of methoxy groups -OCH3 is 1. The van der Waals surface area contributed by atoms with Gasteiger partial charge in [0.2, 0.25) is 5.88 Å². The molecule has 1 aromatic heterocycles. The Balaban J connectivity index is 2.18. The van der Waals surface area contributed by atoms with Crippen LogP contribution >= 0.6 is 0 Å². The fourth-order valence-electron chi connectivity index (χ4n) is 2.18. The van der Waals surface area contributed by atoms with E-state index >= 15 is 0 Å². The van der Waals surface area contributed by atoms with E-state index in [0.717, 1.165) is 12.1 Å². The van der Waals surface area contributed by atoms with Gasteiger partial charge >= 0.3 is 0 Å². The molecule has 0 aliphatic rings. The Kier molecular flexibility index (Phi) is 5.07. The summed E-state index contributed by atoms with van der Waals surface area (Å²) in [6.07, 6.45) is 2.45. The van der Waals surface area contributed by atoms with Gasteiger partial charge in [-0.1, -0.05) is 31.2 Å². The van der Waals surface area contributed by atoms with Crippen molar-refractivity contribution in [3.8, 4) is 5.88 Å². The van der Waals surface area contributed by atoms with Crippen LogP contribution in [0.1, 0.15) is 24.1 Å². The molecule has 1 aromatic carbocycles. The number of ether oxygens (including phenoxy) is 1. The molecule has 0 aliphatic carbocycles. The fraction of sp³-hybridized carbons (Fsp3) is 0.312. The van der Waals surface area contributed by atoms with Gasteiger partial charge in [-0.05, 0) is 24.6 Å². The maximum Gasteiger partial charge on any atom is 0.212 e. The van der Waals surface area contributed by atoms with E-state index in [1.807, 2.05) is 31.2 Å². The van der Waals surface area contributed by atoms with Crippen LogP contribution in [0.2, 0.25) is 0 Å². The topological polar surface area (TPSA) is 34.1 Å². The first-order chi connectivity index (χ1) is 9.74. The average Bonchev–Trinajstić information content (AvgIpc) is 2.48. The van der Waals surface area contributed by atoms with Gasteiger partial charge in [0.15, 0.2) is 0 Å². The van der Waals surface area contributed by atoms with Crippen LogP contribution < -0.4 is 10.1 Å². The summed E-state index contributed by atoms with van der Waals surface area (Å²) in [6.45, 7) is 2.79. The van der Waals surface area contributed by atoms with E-state index < -0.39 is 0 Å². The summed E-state index contributed by atoms with van der Waals surface area (Å²) < 4.78 is 18.9. The highest BCUT2D eigenvalue weighted by Crippen LogP contribution is 2.21. The van der Waals surface area contributed by atoms with Gasteiger partial charge in [-0.15, -0.1) is 0 Å². The minimum Gasteiger partial charge on any atom is -0.481 e. The SMILES string of the molecule is CCNC(Cc1ccc(OC)nc1)c1ccccc1F. The molecule has 2 rings (SSSR count). The second-order valence-electron chi connectivity index (χ2n) is 4.54. The molecular weight excluding hydrogens is 255 g/mol. The van der Waals surface area contributed by atoms with Crippen molar-refractivity contribution in [2.45, 2.75) is 19.4 Å². The van der Waals surface area contributed by atoms with Crippen LogP contribution in [0.15, 0.2) is 42.6 Å². The van der Waals surface area contributed by atoms with Crippen molar-refractivity contribution in [3.05, 3.63) is 59.5 Å². The predicted molar refractivity (Wildman–Crippen MR) is 77.3 cm³/mol. The summed E-state index contributed by atoms with van der Waals surface area (Å²) in [7, 11) is 1.59. The molecule has 1 N–H and O–H groups in total. The zero-order valence-corrected chi connectivity index (χ0v) is 11.8. The van der Waals surface area contributed by atoms with Crippen molar-refractivity contribution < 1.29 is 9.13 Å². The van der Waals surface area contributed by atoms with Gasteiger partial charge in [-0.25, -0.2) is 9.37 Å². The highest BCUT2D eigenvalue weighted by molar-refractivity contribution is 5.25. The number of hydrogen-bond acceptors (Lipinski definition) is 3. The highest BCUT2D eigenvalue weighted by atomic mass is 19.1. The summed E-state index contributed by atoms with van der Waals surface area (Å²) in [5.41, 5.74) is 1.73. The molecule has 0 saturated heterocycles. The number of nitrogens with zero attached hydrogens (tertiary/aromatic N) is 1. The Bertz CT molecular complexity index is 542. The molecule has 0 amide bonds. The molecule has 0 aliphatic heterocycles. The van der Waals surface area contributed by atoms with Crippen LogP contribution in [0.3, 0.4) is 0 Å². The van der Waals surface area contributed by atoms with E-state index in [1.54, 1.807) is 19.4 Å². The molecule has 2 aromatic rings. The van der Waals surface area contributed by atoms with Crippen molar-refractivity contribution in [2.75, 3.05) is 13.7 Å². The molecule has 4 heteroatoms. The smallest absolute Gasteiger partial charge is 0.212 e. The Morgan fingerprint density at radius 2 is 2.05 bits per heavy atom. The molecule has 1 heterocycles. The highest BCUT2D eigenvalue weighted by Gasteiger charge is 2.15. The molecule has 106 valence electrons. The van der Waals surface area contributed by atoms with Crippen LogP contribution in [0.25, 0.3) is 0 Å². The Labute approximate surface area is 118 Å². The zero-order valence-electron chi connectivity index (χ0n) is 11.8. The lowest BCUT2D eigenvalue weighted by Crippen LogP contribution is -2.24. The van der Waals surface area contributed by atoms with E-state index in [4.69, 9.17) is 4.74 Å². The zero-order chi connectivity index (χ0) is 14.4. The quantitative estimate of drug-likeness (QED) is 0.878. The number of hydrogen-bond donors (Lipinski definition) is 1. The van der Waals surface area contributed by atoms with Gasteiger partial charge in [-0.2, -0.15) is 0 Å². The molecule has 3 nitrogen and oxygen atoms in total. The van der Waals surface area contributed by atoms with Gasteiger partial charge in [0.25, 0.3) is 0 Å². The lowest BCUT2D eigenvalue weighted by Gasteiger charge is -2.19. The van der Waals surface area contributed by atoms with Crippen molar-refractivity contribution in [1.82, 2.24) is 10.3 Å². The monoisotopic (exact) mass is 274 g/mol. The van der Waals surface area contributed by atoms with Gasteiger partial charge in [0.05, 0.1) is 7.11 Å². The molecule has 20 heavy (non-hydrogen) atoms. The number of halogens is 1. The van der Waals surface area contributed by atoms with Crippen LogP contribution in [0, 0.1) is 5.82 Å². The lowest BCUT2D eigenvalue weighted by molar-refractivity contribution is 0.397. The Morgan fingerprint density at radius 3 is 2.65 bits per heavy atom. The third kappa shape index (κ3) is 3.54. The summed E-state index contributed by atoms with van der Waals surface area (Å²) in [6, 6.07) is 10.6. The molecule has 0 spiro atoms. The molecule has 1 atom stereocenters. The minimum atomic E-state index is -0.181. The summed E-state index contributed by atoms with van der Waals surface area (Å²) in [5.74, 6) is 0.402. The van der Waals surface area contributed by atoms with Crippen molar-refractivity contribution in [2.24, 2.45) is 0 Å². The molecule has 0 fully saturated rings. The normalized spacial score (nSPS) is 12.2. The summed E-state index contributed by atoms with van der Waals surface area (Å²) in [5, 5.41) is 3.32. The number of nitrogens with one attached hydrogen (secondary N) is 1. The van der Waals surface area contributed by atoms with E-state index in [-0.39, 0.29) is 11.9 Å². The largest absolute Gasteiger partial charge is 0.481 e. The van der Waals surface area contributed by atoms with Crippen LogP contribution in [-0.2, 0) is 6.42 Å². The molecule has 0 bridgehead atoms. The second-order valence-corrected chi connectivity index (χ2v) is 4.54. The van der Waals surface area contributed by atoms with Gasteiger partial charge in [0, 0.05) is 23.9 Å². The number of likely N-dealkylation sites (N-methyl/N-ethyl adjacent to an activating group) is 1. The van der Waals surface area contributed by atoms with E-state index in [0.29, 0.717) is 17.9 Å². The fourth-order valence-corrected chi connectivity index (χ4v) is 2.18. The number of aromatic nitrogens is 1. The second kappa shape index (κ2) is 7.01. The summed E-state index contributed by atoms with van der Waals surface area (Å²) in [4.78, 5) is 4.18. The minimum absolute atomic E-state index is 0.0589.